The first kappa shape index (κ1) is 14.2. The highest BCUT2D eigenvalue weighted by Crippen LogP contribution is 2.23. The molecule has 84 valence electrons. The number of halogens is 1. The van der Waals surface area contributed by atoms with E-state index in [4.69, 9.17) is 5.84 Å². The van der Waals surface area contributed by atoms with E-state index in [1.165, 1.54) is 11.1 Å². The Labute approximate surface area is 97.9 Å². The SMILES string of the molecule is C=CCc1ccccc1C(C)(C)NN.Cl. The maximum absolute atomic E-state index is 5.53. The van der Waals surface area contributed by atoms with Gasteiger partial charge in [0.15, 0.2) is 0 Å². The molecule has 0 heterocycles. The van der Waals surface area contributed by atoms with Crippen molar-refractivity contribution in [2.75, 3.05) is 0 Å². The maximum Gasteiger partial charge on any atom is 0.0516 e. The fraction of sp³-hybridized carbons (Fsp3) is 0.333. The van der Waals surface area contributed by atoms with E-state index in [2.05, 4.69) is 38.0 Å². The second-order valence-corrected chi connectivity index (χ2v) is 3.92. The van der Waals surface area contributed by atoms with Gasteiger partial charge < -0.3 is 0 Å². The van der Waals surface area contributed by atoms with E-state index in [1.54, 1.807) is 0 Å². The summed E-state index contributed by atoms with van der Waals surface area (Å²) in [6.07, 6.45) is 2.78. The third-order valence-electron chi connectivity index (χ3n) is 2.42. The second-order valence-electron chi connectivity index (χ2n) is 3.92. The number of allylic oxidation sites excluding steroid dienone is 1. The molecule has 0 aliphatic heterocycles. The van der Waals surface area contributed by atoms with Crippen LogP contribution in [0.4, 0.5) is 0 Å². The van der Waals surface area contributed by atoms with Gasteiger partial charge in [0.1, 0.15) is 0 Å². The Balaban J connectivity index is 0.00000196. The molecule has 0 radical (unpaired) electrons. The summed E-state index contributed by atoms with van der Waals surface area (Å²) in [4.78, 5) is 0. The molecular weight excluding hydrogens is 208 g/mol. The van der Waals surface area contributed by atoms with E-state index in [9.17, 15) is 0 Å². The highest BCUT2D eigenvalue weighted by atomic mass is 35.5. The Morgan fingerprint density at radius 2 is 2.00 bits per heavy atom. The fourth-order valence-electron chi connectivity index (χ4n) is 1.54. The molecule has 3 heteroatoms. The molecule has 0 atom stereocenters. The Morgan fingerprint density at radius 3 is 2.53 bits per heavy atom. The number of nitrogens with two attached hydrogens (primary N) is 1. The third-order valence-corrected chi connectivity index (χ3v) is 2.42. The summed E-state index contributed by atoms with van der Waals surface area (Å²) in [5.41, 5.74) is 5.12. The molecule has 0 unspecified atom stereocenters. The van der Waals surface area contributed by atoms with Gasteiger partial charge >= 0.3 is 0 Å². The number of rotatable bonds is 4. The normalized spacial score (nSPS) is 10.6. The molecule has 1 aromatic carbocycles. The zero-order valence-electron chi connectivity index (χ0n) is 9.29. The van der Waals surface area contributed by atoms with Crippen molar-refractivity contribution in [3.63, 3.8) is 0 Å². The van der Waals surface area contributed by atoms with Crippen molar-refractivity contribution in [1.29, 1.82) is 0 Å². The Kier molecular flexibility index (Phi) is 5.58. The molecule has 0 aliphatic rings. The van der Waals surface area contributed by atoms with E-state index >= 15 is 0 Å². The smallest absolute Gasteiger partial charge is 0.0516 e. The number of hydrogen-bond donors (Lipinski definition) is 2. The van der Waals surface area contributed by atoms with Crippen LogP contribution in [0.3, 0.4) is 0 Å². The van der Waals surface area contributed by atoms with Gasteiger partial charge in [-0.15, -0.1) is 19.0 Å². The molecule has 0 saturated carbocycles. The molecule has 1 aromatic rings. The van der Waals surface area contributed by atoms with Crippen LogP contribution in [0, 0.1) is 0 Å². The second kappa shape index (κ2) is 5.91. The van der Waals surface area contributed by atoms with E-state index in [0.29, 0.717) is 0 Å². The van der Waals surface area contributed by atoms with Crippen LogP contribution < -0.4 is 11.3 Å². The third kappa shape index (κ3) is 3.34. The van der Waals surface area contributed by atoms with Crippen molar-refractivity contribution >= 4 is 12.4 Å². The lowest BCUT2D eigenvalue weighted by Crippen LogP contribution is -2.42. The lowest BCUT2D eigenvalue weighted by molar-refractivity contribution is 0.412. The number of hydrogen-bond acceptors (Lipinski definition) is 2. The summed E-state index contributed by atoms with van der Waals surface area (Å²) < 4.78 is 0. The lowest BCUT2D eigenvalue weighted by Gasteiger charge is -2.26. The fourth-order valence-corrected chi connectivity index (χ4v) is 1.54. The van der Waals surface area contributed by atoms with Crippen molar-refractivity contribution in [1.82, 2.24) is 5.43 Å². The summed E-state index contributed by atoms with van der Waals surface area (Å²) in [6.45, 7) is 7.88. The molecule has 0 spiro atoms. The van der Waals surface area contributed by atoms with Gasteiger partial charge in [0.25, 0.3) is 0 Å². The van der Waals surface area contributed by atoms with Gasteiger partial charge in [-0.2, -0.15) is 0 Å². The van der Waals surface area contributed by atoms with Gasteiger partial charge in [-0.3, -0.25) is 11.3 Å². The number of benzene rings is 1. The molecule has 0 saturated heterocycles. The first-order chi connectivity index (χ1) is 6.61. The summed E-state index contributed by atoms with van der Waals surface area (Å²) in [5.74, 6) is 5.53. The van der Waals surface area contributed by atoms with Crippen molar-refractivity contribution < 1.29 is 0 Å². The Bertz CT molecular complexity index is 321. The van der Waals surface area contributed by atoms with E-state index in [0.717, 1.165) is 6.42 Å². The Hall–Kier alpha value is -0.830. The first-order valence-corrected chi connectivity index (χ1v) is 4.79. The molecule has 3 N–H and O–H groups in total. The summed E-state index contributed by atoms with van der Waals surface area (Å²) in [7, 11) is 0. The minimum atomic E-state index is -0.195. The van der Waals surface area contributed by atoms with Crippen molar-refractivity contribution in [2.45, 2.75) is 25.8 Å². The average Bonchev–Trinajstić information content (AvgIpc) is 2.19. The molecule has 2 nitrogen and oxygen atoms in total. The predicted octanol–water partition coefficient (Wildman–Crippen LogP) is 2.54. The molecule has 0 fully saturated rings. The van der Waals surface area contributed by atoms with Gasteiger partial charge in [-0.25, -0.2) is 0 Å². The molecule has 0 aliphatic carbocycles. The summed E-state index contributed by atoms with van der Waals surface area (Å²) >= 11 is 0. The van der Waals surface area contributed by atoms with Gasteiger partial charge in [0.2, 0.25) is 0 Å². The van der Waals surface area contributed by atoms with Gasteiger partial charge in [0, 0.05) is 0 Å². The summed E-state index contributed by atoms with van der Waals surface area (Å²) in [5, 5.41) is 0. The highest BCUT2D eigenvalue weighted by Gasteiger charge is 2.20. The van der Waals surface area contributed by atoms with Crippen LogP contribution in [0.1, 0.15) is 25.0 Å². The monoisotopic (exact) mass is 226 g/mol. The topological polar surface area (TPSA) is 38.0 Å². The van der Waals surface area contributed by atoms with Crippen molar-refractivity contribution in [3.05, 3.63) is 48.0 Å². The van der Waals surface area contributed by atoms with Crippen molar-refractivity contribution in [2.24, 2.45) is 5.84 Å². The zero-order chi connectivity index (χ0) is 10.6. The lowest BCUT2D eigenvalue weighted by atomic mass is 9.89. The summed E-state index contributed by atoms with van der Waals surface area (Å²) in [6, 6.07) is 8.27. The molecule has 15 heavy (non-hydrogen) atoms. The zero-order valence-corrected chi connectivity index (χ0v) is 10.1. The minimum absolute atomic E-state index is 0. The number of nitrogens with one attached hydrogen (secondary N) is 1. The van der Waals surface area contributed by atoms with Gasteiger partial charge in [-0.1, -0.05) is 30.3 Å². The standard InChI is InChI=1S/C12H18N2.ClH/c1-4-7-10-8-5-6-9-11(10)12(2,3)14-13;/h4-6,8-9,14H,1,7,13H2,2-3H3;1H. The molecule has 0 amide bonds. The van der Waals surface area contributed by atoms with Gasteiger partial charge in [-0.05, 0) is 31.4 Å². The van der Waals surface area contributed by atoms with E-state index < -0.39 is 0 Å². The molecule has 0 bridgehead atoms. The molecular formula is C12H19ClN2. The highest BCUT2D eigenvalue weighted by molar-refractivity contribution is 5.85. The number of hydrazine groups is 1. The largest absolute Gasteiger partial charge is 0.271 e. The quantitative estimate of drug-likeness (QED) is 0.471. The van der Waals surface area contributed by atoms with Crippen LogP contribution in [0.5, 0.6) is 0 Å². The first-order valence-electron chi connectivity index (χ1n) is 4.79. The molecule has 0 aromatic heterocycles. The van der Waals surface area contributed by atoms with Crippen LogP contribution in [0.2, 0.25) is 0 Å². The Morgan fingerprint density at radius 1 is 1.40 bits per heavy atom. The van der Waals surface area contributed by atoms with Crippen LogP contribution in [0.25, 0.3) is 0 Å². The average molecular weight is 227 g/mol. The van der Waals surface area contributed by atoms with Crippen LogP contribution in [-0.4, -0.2) is 0 Å². The van der Waals surface area contributed by atoms with Crippen LogP contribution in [-0.2, 0) is 12.0 Å². The van der Waals surface area contributed by atoms with Crippen LogP contribution >= 0.6 is 12.4 Å². The van der Waals surface area contributed by atoms with Crippen molar-refractivity contribution in [3.8, 4) is 0 Å². The maximum atomic E-state index is 5.53. The van der Waals surface area contributed by atoms with Crippen LogP contribution in [0.15, 0.2) is 36.9 Å². The predicted molar refractivity (Wildman–Crippen MR) is 67.9 cm³/mol. The van der Waals surface area contributed by atoms with Gasteiger partial charge in [0.05, 0.1) is 5.54 Å². The van der Waals surface area contributed by atoms with E-state index in [-0.39, 0.29) is 17.9 Å². The molecule has 1 rings (SSSR count). The minimum Gasteiger partial charge on any atom is -0.271 e. The van der Waals surface area contributed by atoms with E-state index in [1.807, 2.05) is 18.2 Å².